The Kier molecular flexibility index (Phi) is 39.9. The molecule has 410 valence electrons. The van der Waals surface area contributed by atoms with Crippen molar-refractivity contribution in [1.82, 2.24) is 10.6 Å². The first-order chi connectivity index (χ1) is 32.8. The van der Waals surface area contributed by atoms with Gasteiger partial charge < -0.3 is 83.7 Å². The number of carboxylic acids is 4. The molecule has 0 fully saturated rings. The zero-order valence-electron chi connectivity index (χ0n) is 44.4. The second kappa shape index (κ2) is 39.3. The molecule has 0 saturated carbocycles. The lowest BCUT2D eigenvalue weighted by Crippen LogP contribution is -2.55. The average Bonchev–Trinajstić information content (AvgIpc) is 3.23. The monoisotopic (exact) mass is 1020 g/mol. The van der Waals surface area contributed by atoms with Crippen LogP contribution in [-0.4, -0.2) is 242 Å². The minimum atomic E-state index is -1.06. The highest BCUT2D eigenvalue weighted by atomic mass is 16.5. The van der Waals surface area contributed by atoms with Crippen LogP contribution in [0.25, 0.3) is 0 Å². The summed E-state index contributed by atoms with van der Waals surface area (Å²) in [5, 5.41) is 79.3. The third-order valence-corrected chi connectivity index (χ3v) is 11.1. The van der Waals surface area contributed by atoms with Gasteiger partial charge in [-0.05, 0) is 50.8 Å². The van der Waals surface area contributed by atoms with Crippen molar-refractivity contribution in [3.8, 4) is 0 Å². The fourth-order valence-electron chi connectivity index (χ4n) is 6.38. The number of esters is 1. The number of quaternary nitrogens is 4. The molecule has 0 spiro atoms. The number of nitrogens with zero attached hydrogens (tertiary/aromatic N) is 4. The van der Waals surface area contributed by atoms with Crippen molar-refractivity contribution < 1.29 is 92.2 Å². The Bertz CT molecular complexity index is 1670. The van der Waals surface area contributed by atoms with Crippen LogP contribution in [0.1, 0.15) is 47.5 Å². The van der Waals surface area contributed by atoms with Gasteiger partial charge in [-0.1, -0.05) is 53.0 Å². The summed E-state index contributed by atoms with van der Waals surface area (Å²) < 4.78 is 11.6. The molecule has 0 aromatic heterocycles. The molecule has 0 saturated heterocycles. The zero-order chi connectivity index (χ0) is 56.0. The molecule has 21 heteroatoms. The highest BCUT2D eigenvalue weighted by Crippen LogP contribution is 2.11. The highest BCUT2D eigenvalue weighted by Gasteiger charge is 2.30. The van der Waals surface area contributed by atoms with E-state index in [-0.39, 0.29) is 68.1 Å². The minimum absolute atomic E-state index is 0.00177. The van der Waals surface area contributed by atoms with Crippen LogP contribution in [0.4, 0.5) is 0 Å². The van der Waals surface area contributed by atoms with Crippen LogP contribution in [0, 0.1) is 0 Å². The summed E-state index contributed by atoms with van der Waals surface area (Å²) in [7, 11) is 5.51. The Labute approximate surface area is 423 Å². The van der Waals surface area contributed by atoms with Crippen molar-refractivity contribution in [2.45, 2.75) is 47.5 Å². The average molecular weight is 1020 g/mol. The molecule has 21 nitrogen and oxygen atoms in total. The van der Waals surface area contributed by atoms with Gasteiger partial charge in [-0.25, -0.2) is 19.2 Å². The number of carbonyl (C=O) groups excluding carboxylic acids is 2. The number of carbonyl (C=O) groups is 5. The SMILES string of the molecule is C=C(C)C(=C)NCC[N+](C)(CCO)CC(=O)O.C=C(C)C(=C)NCC[N+](C)(CCO)CCC(=O)[O-].C=C(C)C(=C)OCC[N+](C)(CCO)CC(=O)O.C=C(C)C(=O)OCC[N+](CCC)(CCO)CC(=O)O. The number of likely N-dealkylation sites (N-methyl/N-ethyl adjacent to an activating group) is 3. The molecule has 0 radical (unpaired) electrons. The van der Waals surface area contributed by atoms with E-state index in [1.807, 2.05) is 34.9 Å². The summed E-state index contributed by atoms with van der Waals surface area (Å²) >= 11 is 0. The van der Waals surface area contributed by atoms with Gasteiger partial charge in [0.05, 0.1) is 86.8 Å². The lowest BCUT2D eigenvalue weighted by molar-refractivity contribution is -0.921. The van der Waals surface area contributed by atoms with Gasteiger partial charge in [0.15, 0.2) is 19.6 Å². The molecule has 0 bridgehead atoms. The molecule has 0 aliphatic carbocycles. The zero-order valence-corrected chi connectivity index (χ0v) is 44.4. The van der Waals surface area contributed by atoms with Crippen molar-refractivity contribution in [2.75, 3.05) is 159 Å². The number of nitrogens with one attached hydrogen (secondary N) is 2. The Morgan fingerprint density at radius 2 is 0.887 bits per heavy atom. The van der Waals surface area contributed by atoms with Gasteiger partial charge >= 0.3 is 23.9 Å². The van der Waals surface area contributed by atoms with Crippen LogP contribution in [-0.2, 0) is 33.4 Å². The largest absolute Gasteiger partial charge is 0.550 e. The van der Waals surface area contributed by atoms with Crippen LogP contribution in [0.3, 0.4) is 0 Å². The number of carboxylic acid groups (broad SMARTS) is 4. The normalized spacial score (nSPS) is 13.7. The lowest BCUT2D eigenvalue weighted by atomic mass is 10.2. The molecule has 0 aliphatic rings. The van der Waals surface area contributed by atoms with E-state index < -0.39 is 29.8 Å². The molecule has 71 heavy (non-hydrogen) atoms. The predicted molar refractivity (Wildman–Crippen MR) is 273 cm³/mol. The smallest absolute Gasteiger partial charge is 0.359 e. The van der Waals surface area contributed by atoms with E-state index in [2.05, 4.69) is 56.7 Å². The molecule has 4 atom stereocenters. The number of hydrogen-bond acceptors (Lipinski definition) is 14. The number of ether oxygens (including phenoxy) is 2. The van der Waals surface area contributed by atoms with Crippen LogP contribution < -0.4 is 15.7 Å². The van der Waals surface area contributed by atoms with Crippen LogP contribution in [0.5, 0.6) is 0 Å². The summed E-state index contributed by atoms with van der Waals surface area (Å²) in [6.07, 6.45) is 0.791. The van der Waals surface area contributed by atoms with Crippen molar-refractivity contribution in [2.24, 2.45) is 0 Å². The first kappa shape index (κ1) is 72.2. The van der Waals surface area contributed by atoms with Gasteiger partial charge in [-0.3, -0.25) is 0 Å². The molecule has 9 N–H and O–H groups in total. The topological polar surface area (TPSA) is 293 Å². The standard InChI is InChI=1S/C13H24N2O3.C13H23NO5.C12H22N2O3.C12H21NO4/c1-11(2)12(3)14-6-8-15(4,9-10-16)7-5-13(17)18;1-4-5-14(6-8-15,10-12(16)17)7-9-19-13(18)11(2)3;1-10(2)11(3)13-5-6-14(4,7-8-15)9-12(16)17;1-10(2)11(3)17-8-6-13(4,5-7-14)9-12(15)16/h14,16H,1,3,5-10H2,2,4H3;15H,2,4-10H2,1,3H3;13,15H,1,3,5-9H2,2,4H3;14H,1,3,5-9H2,2,4H3/p+3. The fourth-order valence-corrected chi connectivity index (χ4v) is 6.38. The Balaban J connectivity index is -0.000000422. The van der Waals surface area contributed by atoms with E-state index in [4.69, 9.17) is 45.2 Å². The Hall–Kier alpha value is -5.39. The van der Waals surface area contributed by atoms with E-state index in [9.17, 15) is 29.1 Å². The first-order valence-corrected chi connectivity index (χ1v) is 23.4. The van der Waals surface area contributed by atoms with Crippen molar-refractivity contribution in [1.29, 1.82) is 0 Å². The number of aliphatic hydroxyl groups excluding tert-OH is 4. The maximum Gasteiger partial charge on any atom is 0.359 e. The maximum absolute atomic E-state index is 11.3. The summed E-state index contributed by atoms with van der Waals surface area (Å²) in [5.74, 6) is -3.70. The predicted octanol–water partition coefficient (Wildman–Crippen LogP) is 0.460. The van der Waals surface area contributed by atoms with E-state index >= 15 is 0 Å². The van der Waals surface area contributed by atoms with Crippen LogP contribution >= 0.6 is 0 Å². The third-order valence-electron chi connectivity index (χ3n) is 11.1. The van der Waals surface area contributed by atoms with Gasteiger partial charge in [0, 0.05) is 29.4 Å². The summed E-state index contributed by atoms with van der Waals surface area (Å²) in [6, 6.07) is 0. The first-order valence-electron chi connectivity index (χ1n) is 23.4. The number of allylic oxidation sites excluding steroid dienone is 3. The summed E-state index contributed by atoms with van der Waals surface area (Å²) in [4.78, 5) is 54.2. The molecule has 0 aromatic rings. The Morgan fingerprint density at radius 1 is 0.493 bits per heavy atom. The van der Waals surface area contributed by atoms with E-state index in [1.54, 1.807) is 20.9 Å². The second-order valence-electron chi connectivity index (χ2n) is 18.4. The van der Waals surface area contributed by atoms with E-state index in [0.29, 0.717) is 105 Å². The quantitative estimate of drug-likeness (QED) is 0.0134. The van der Waals surface area contributed by atoms with Crippen LogP contribution in [0.15, 0.2) is 85.5 Å². The Morgan fingerprint density at radius 3 is 1.24 bits per heavy atom. The fraction of sp³-hybridized carbons (Fsp3) is 0.620. The molecule has 0 heterocycles. The van der Waals surface area contributed by atoms with E-state index in [0.717, 1.165) is 34.5 Å². The third kappa shape index (κ3) is 40.0. The molecule has 0 rings (SSSR count). The van der Waals surface area contributed by atoms with E-state index in [1.165, 1.54) is 0 Å². The van der Waals surface area contributed by atoms with Gasteiger partial charge in [0.1, 0.15) is 58.2 Å². The number of rotatable bonds is 38. The second-order valence-corrected chi connectivity index (χ2v) is 18.4. The molecular weight excluding hydrogens is 925 g/mol. The van der Waals surface area contributed by atoms with Crippen molar-refractivity contribution >= 4 is 29.8 Å². The number of aliphatic hydroxyl groups is 4. The minimum Gasteiger partial charge on any atom is -0.550 e. The van der Waals surface area contributed by atoms with Gasteiger partial charge in [0.25, 0.3) is 0 Å². The summed E-state index contributed by atoms with van der Waals surface area (Å²) in [5.41, 5.74) is 4.34. The van der Waals surface area contributed by atoms with Crippen molar-refractivity contribution in [3.63, 3.8) is 0 Å². The van der Waals surface area contributed by atoms with Gasteiger partial charge in [-0.15, -0.1) is 0 Å². The number of hydrogen-bond donors (Lipinski definition) is 9. The molecule has 0 aromatic carbocycles. The van der Waals surface area contributed by atoms with Gasteiger partial charge in [0.2, 0.25) is 0 Å². The highest BCUT2D eigenvalue weighted by molar-refractivity contribution is 5.86. The van der Waals surface area contributed by atoms with Crippen molar-refractivity contribution in [3.05, 3.63) is 85.5 Å². The summed E-state index contributed by atoms with van der Waals surface area (Å²) in [6.45, 7) is 41.5. The van der Waals surface area contributed by atoms with Gasteiger partial charge in [-0.2, -0.15) is 0 Å². The van der Waals surface area contributed by atoms with Crippen LogP contribution in [0.2, 0.25) is 0 Å². The molecule has 4 unspecified atom stereocenters. The molecular formula is C50H93N6O15+3. The number of aliphatic carboxylic acids is 4. The lowest BCUT2D eigenvalue weighted by Gasteiger charge is -2.36. The maximum atomic E-state index is 11.3. The molecule has 0 aliphatic heterocycles. The molecule has 0 amide bonds.